The second kappa shape index (κ2) is 12.7. The van der Waals surface area contributed by atoms with Crippen molar-refractivity contribution in [1.82, 2.24) is 0 Å². The maximum atomic E-state index is 12.3. The maximum Gasteiger partial charge on any atom is 0.325 e. The van der Waals surface area contributed by atoms with Gasteiger partial charge in [0.25, 0.3) is 0 Å². The zero-order valence-corrected chi connectivity index (χ0v) is 17.8. The van der Waals surface area contributed by atoms with Gasteiger partial charge in [-0.15, -0.1) is 0 Å². The van der Waals surface area contributed by atoms with Gasteiger partial charge in [0.15, 0.2) is 6.10 Å². The number of cyclic esters (lactones) is 1. The molecule has 2 N–H and O–H groups in total. The third-order valence-corrected chi connectivity index (χ3v) is 3.88. The second-order valence-electron chi connectivity index (χ2n) is 8.51. The number of ether oxygens (including phenoxy) is 5. The van der Waals surface area contributed by atoms with Crippen LogP contribution in [0.4, 0.5) is 0 Å². The van der Waals surface area contributed by atoms with Crippen molar-refractivity contribution >= 4 is 5.97 Å². The lowest BCUT2D eigenvalue weighted by atomic mass is 10.1. The van der Waals surface area contributed by atoms with Crippen LogP contribution in [0, 0.1) is 17.8 Å². The van der Waals surface area contributed by atoms with Gasteiger partial charge in [0.2, 0.25) is 0 Å². The van der Waals surface area contributed by atoms with Crippen molar-refractivity contribution in [1.29, 1.82) is 0 Å². The van der Waals surface area contributed by atoms with Gasteiger partial charge < -0.3 is 29.4 Å². The van der Waals surface area contributed by atoms with E-state index >= 15 is 0 Å². The third-order valence-electron chi connectivity index (χ3n) is 3.88. The number of carbonyl (C=O) groups excluding carboxylic acids is 1. The molecule has 1 saturated heterocycles. The van der Waals surface area contributed by atoms with Crippen LogP contribution in [0.5, 0.6) is 0 Å². The van der Waals surface area contributed by atoms with Gasteiger partial charge in [-0.05, 0) is 17.8 Å². The number of rotatable bonds is 10. The highest BCUT2D eigenvalue weighted by Crippen LogP contribution is 2.19. The quantitative estimate of drug-likeness (QED) is 0.572. The SMILES string of the molecule is CC(C)COC[C@H]1OC(=O)[C@H](N)COC[C@H](OCC(C)C)[C@H]1OCC(C)C. The first-order valence-corrected chi connectivity index (χ1v) is 10.0. The van der Waals surface area contributed by atoms with Crippen molar-refractivity contribution in [2.45, 2.75) is 65.9 Å². The van der Waals surface area contributed by atoms with Gasteiger partial charge in [-0.2, -0.15) is 0 Å². The summed E-state index contributed by atoms with van der Waals surface area (Å²) in [6, 6.07) is -0.827. The predicted octanol–water partition coefficient (Wildman–Crippen LogP) is 2.01. The van der Waals surface area contributed by atoms with Crippen molar-refractivity contribution in [2.24, 2.45) is 23.5 Å². The minimum absolute atomic E-state index is 0.0941. The van der Waals surface area contributed by atoms with Gasteiger partial charge in [-0.1, -0.05) is 41.5 Å². The molecule has 1 rings (SSSR count). The van der Waals surface area contributed by atoms with Crippen molar-refractivity contribution in [3.8, 4) is 0 Å². The summed E-state index contributed by atoms with van der Waals surface area (Å²) < 4.78 is 29.3. The number of carbonyl (C=O) groups is 1. The van der Waals surface area contributed by atoms with E-state index in [4.69, 9.17) is 29.4 Å². The summed E-state index contributed by atoms with van der Waals surface area (Å²) in [6.45, 7) is 14.7. The van der Waals surface area contributed by atoms with Crippen LogP contribution >= 0.6 is 0 Å². The van der Waals surface area contributed by atoms with E-state index in [1.165, 1.54) is 0 Å². The summed E-state index contributed by atoms with van der Waals surface area (Å²) in [7, 11) is 0. The lowest BCUT2D eigenvalue weighted by Gasteiger charge is -2.33. The molecule has 0 radical (unpaired) electrons. The molecule has 1 aliphatic rings. The van der Waals surface area contributed by atoms with Gasteiger partial charge >= 0.3 is 5.97 Å². The number of esters is 1. The lowest BCUT2D eigenvalue weighted by molar-refractivity contribution is -0.181. The molecule has 0 aromatic rings. The molecular weight excluding hydrogens is 350 g/mol. The summed E-state index contributed by atoms with van der Waals surface area (Å²) in [5, 5.41) is 0. The number of hydrogen-bond acceptors (Lipinski definition) is 7. The van der Waals surface area contributed by atoms with Gasteiger partial charge in [0.1, 0.15) is 18.2 Å². The average Bonchev–Trinajstić information content (AvgIpc) is 2.61. The fraction of sp³-hybridized carbons (Fsp3) is 0.950. The van der Waals surface area contributed by atoms with Gasteiger partial charge in [0, 0.05) is 19.8 Å². The van der Waals surface area contributed by atoms with Crippen LogP contribution in [0.25, 0.3) is 0 Å². The molecule has 160 valence electrons. The molecule has 0 spiro atoms. The standard InChI is InChI=1S/C20H39NO6/c1-13(2)7-23-12-18-19(26-9-15(5)6)17(25-8-14(3)4)11-24-10-16(21)20(22)27-18/h13-19H,7-12,21H2,1-6H3/t16-,17+,18-,19-/m1/s1. The Morgan fingerprint density at radius 3 is 2.15 bits per heavy atom. The molecule has 27 heavy (non-hydrogen) atoms. The first-order valence-electron chi connectivity index (χ1n) is 10.0. The molecule has 1 fully saturated rings. The largest absolute Gasteiger partial charge is 0.456 e. The fourth-order valence-corrected chi connectivity index (χ4v) is 2.54. The second-order valence-corrected chi connectivity index (χ2v) is 8.51. The molecule has 1 heterocycles. The van der Waals surface area contributed by atoms with Crippen LogP contribution in [0.2, 0.25) is 0 Å². The van der Waals surface area contributed by atoms with E-state index in [2.05, 4.69) is 41.5 Å². The maximum absolute atomic E-state index is 12.3. The van der Waals surface area contributed by atoms with E-state index in [9.17, 15) is 4.79 Å². The van der Waals surface area contributed by atoms with Crippen molar-refractivity contribution in [3.63, 3.8) is 0 Å². The van der Waals surface area contributed by atoms with Crippen LogP contribution in [0.3, 0.4) is 0 Å². The summed E-state index contributed by atoms with van der Waals surface area (Å²) in [4.78, 5) is 12.3. The van der Waals surface area contributed by atoms with Crippen molar-refractivity contribution in [2.75, 3.05) is 39.6 Å². The van der Waals surface area contributed by atoms with Crippen LogP contribution in [-0.4, -0.2) is 70.0 Å². The molecular formula is C20H39NO6. The normalized spacial score (nSPS) is 27.6. The first kappa shape index (κ1) is 24.3. The van der Waals surface area contributed by atoms with Crippen LogP contribution in [0.15, 0.2) is 0 Å². The van der Waals surface area contributed by atoms with E-state index in [0.29, 0.717) is 44.2 Å². The van der Waals surface area contributed by atoms with E-state index in [-0.39, 0.29) is 19.3 Å². The van der Waals surface area contributed by atoms with E-state index in [1.54, 1.807) is 0 Å². The molecule has 4 atom stereocenters. The van der Waals surface area contributed by atoms with Crippen LogP contribution in [0.1, 0.15) is 41.5 Å². The zero-order chi connectivity index (χ0) is 20.4. The Morgan fingerprint density at radius 1 is 0.963 bits per heavy atom. The van der Waals surface area contributed by atoms with Gasteiger partial charge in [-0.25, -0.2) is 0 Å². The molecule has 0 bridgehead atoms. The topological polar surface area (TPSA) is 89.2 Å². The van der Waals surface area contributed by atoms with E-state index in [0.717, 1.165) is 0 Å². The molecule has 7 nitrogen and oxygen atoms in total. The minimum atomic E-state index is -0.827. The highest BCUT2D eigenvalue weighted by molar-refractivity contribution is 5.75. The highest BCUT2D eigenvalue weighted by Gasteiger charge is 2.37. The van der Waals surface area contributed by atoms with Gasteiger partial charge in [0.05, 0.1) is 19.8 Å². The summed E-state index contributed by atoms with van der Waals surface area (Å²) in [6.07, 6.45) is -1.44. The lowest BCUT2D eigenvalue weighted by Crippen LogP contribution is -2.49. The molecule has 0 saturated carbocycles. The molecule has 0 amide bonds. The molecule has 0 unspecified atom stereocenters. The predicted molar refractivity (Wildman–Crippen MR) is 103 cm³/mol. The molecule has 7 heteroatoms. The Kier molecular flexibility index (Phi) is 11.4. The summed E-state index contributed by atoms with van der Waals surface area (Å²) >= 11 is 0. The van der Waals surface area contributed by atoms with Crippen molar-refractivity contribution in [3.05, 3.63) is 0 Å². The monoisotopic (exact) mass is 389 g/mol. The van der Waals surface area contributed by atoms with Crippen LogP contribution in [-0.2, 0) is 28.5 Å². The Labute approximate surface area is 164 Å². The smallest absolute Gasteiger partial charge is 0.325 e. The number of hydrogen-bond donors (Lipinski definition) is 1. The average molecular weight is 390 g/mol. The van der Waals surface area contributed by atoms with E-state index in [1.807, 2.05) is 0 Å². The fourth-order valence-electron chi connectivity index (χ4n) is 2.54. The Hall–Kier alpha value is -0.730. The Morgan fingerprint density at radius 2 is 1.56 bits per heavy atom. The molecule has 1 aliphatic heterocycles. The zero-order valence-electron chi connectivity index (χ0n) is 17.8. The third kappa shape index (κ3) is 9.85. The first-order chi connectivity index (χ1) is 12.7. The van der Waals surface area contributed by atoms with Gasteiger partial charge in [-0.3, -0.25) is 4.79 Å². The highest BCUT2D eigenvalue weighted by atomic mass is 16.6. The summed E-state index contributed by atoms with van der Waals surface area (Å²) in [5.74, 6) is 0.574. The van der Waals surface area contributed by atoms with E-state index < -0.39 is 24.2 Å². The Balaban J connectivity index is 2.98. The molecule has 0 aliphatic carbocycles. The van der Waals surface area contributed by atoms with Crippen molar-refractivity contribution < 1.29 is 28.5 Å². The Bertz CT molecular complexity index is 415. The van der Waals surface area contributed by atoms with Crippen LogP contribution < -0.4 is 5.73 Å². The number of nitrogens with two attached hydrogens (primary N) is 1. The summed E-state index contributed by atoms with van der Waals surface area (Å²) in [5.41, 5.74) is 5.87. The molecule has 0 aromatic carbocycles. The molecule has 0 aromatic heterocycles. The minimum Gasteiger partial charge on any atom is -0.456 e.